The summed E-state index contributed by atoms with van der Waals surface area (Å²) in [6.45, 7) is 0.312. The van der Waals surface area contributed by atoms with Gasteiger partial charge < -0.3 is 10.6 Å². The predicted octanol–water partition coefficient (Wildman–Crippen LogP) is 3.69. The van der Waals surface area contributed by atoms with Crippen LogP contribution in [0.2, 0.25) is 0 Å². The standard InChI is InChI=1S/C20H16FN3O2S/c21-13-6-7-17-15(8-13)16(9-18(25)24-17)19(26)22-10-14-11-23-20(27-14)12-4-2-1-3-5-12/h1-8,11,16H,9-10H2,(H,22,26)(H,24,25)/t16-/m0/s1. The van der Waals surface area contributed by atoms with Crippen LogP contribution in [0.15, 0.2) is 54.7 Å². The van der Waals surface area contributed by atoms with E-state index >= 15 is 0 Å². The van der Waals surface area contributed by atoms with E-state index in [0.29, 0.717) is 17.8 Å². The molecule has 4 rings (SSSR count). The van der Waals surface area contributed by atoms with Gasteiger partial charge in [0.05, 0.1) is 12.5 Å². The third-order valence-corrected chi connectivity index (χ3v) is 5.43. The summed E-state index contributed by atoms with van der Waals surface area (Å²) in [4.78, 5) is 29.8. The Morgan fingerprint density at radius 1 is 1.26 bits per heavy atom. The average molecular weight is 381 g/mol. The maximum absolute atomic E-state index is 13.6. The van der Waals surface area contributed by atoms with Crippen LogP contribution in [0.3, 0.4) is 0 Å². The smallest absolute Gasteiger partial charge is 0.228 e. The minimum atomic E-state index is -0.703. The van der Waals surface area contributed by atoms with Crippen LogP contribution in [-0.4, -0.2) is 16.8 Å². The van der Waals surface area contributed by atoms with Gasteiger partial charge in [0, 0.05) is 28.7 Å². The van der Waals surface area contributed by atoms with Crippen LogP contribution >= 0.6 is 11.3 Å². The number of amides is 2. The molecule has 0 bridgehead atoms. The number of thiazole rings is 1. The topological polar surface area (TPSA) is 71.1 Å². The maximum atomic E-state index is 13.6. The van der Waals surface area contributed by atoms with E-state index in [0.717, 1.165) is 15.4 Å². The van der Waals surface area contributed by atoms with Gasteiger partial charge in [0.15, 0.2) is 0 Å². The lowest BCUT2D eigenvalue weighted by Gasteiger charge is -2.24. The van der Waals surface area contributed by atoms with E-state index in [1.54, 1.807) is 6.20 Å². The van der Waals surface area contributed by atoms with Crippen molar-refractivity contribution in [1.82, 2.24) is 10.3 Å². The monoisotopic (exact) mass is 381 g/mol. The predicted molar refractivity (Wildman–Crippen MR) is 102 cm³/mol. The number of aromatic nitrogens is 1. The number of benzene rings is 2. The fraction of sp³-hybridized carbons (Fsp3) is 0.150. The first kappa shape index (κ1) is 17.4. The van der Waals surface area contributed by atoms with Crippen LogP contribution in [0.4, 0.5) is 10.1 Å². The highest BCUT2D eigenvalue weighted by molar-refractivity contribution is 7.15. The van der Waals surface area contributed by atoms with Crippen LogP contribution in [0.25, 0.3) is 10.6 Å². The molecule has 2 aromatic carbocycles. The Balaban J connectivity index is 1.47. The Bertz CT molecular complexity index is 1000. The summed E-state index contributed by atoms with van der Waals surface area (Å²) in [6, 6.07) is 13.9. The van der Waals surface area contributed by atoms with Crippen molar-refractivity contribution >= 4 is 28.8 Å². The minimum Gasteiger partial charge on any atom is -0.351 e. The first-order valence-electron chi connectivity index (χ1n) is 8.47. The lowest BCUT2D eigenvalue weighted by atomic mass is 9.89. The van der Waals surface area contributed by atoms with Crippen molar-refractivity contribution in [3.05, 3.63) is 71.0 Å². The number of hydrogen-bond acceptors (Lipinski definition) is 4. The van der Waals surface area contributed by atoms with E-state index in [1.165, 1.54) is 29.5 Å². The number of carbonyl (C=O) groups excluding carboxylic acids is 2. The molecule has 3 aromatic rings. The van der Waals surface area contributed by atoms with Gasteiger partial charge in [-0.15, -0.1) is 11.3 Å². The molecule has 0 saturated heterocycles. The highest BCUT2D eigenvalue weighted by atomic mass is 32.1. The molecule has 1 atom stereocenters. The van der Waals surface area contributed by atoms with E-state index in [4.69, 9.17) is 0 Å². The van der Waals surface area contributed by atoms with E-state index in [9.17, 15) is 14.0 Å². The fourth-order valence-electron chi connectivity index (χ4n) is 3.07. The molecule has 2 N–H and O–H groups in total. The normalized spacial score (nSPS) is 15.7. The number of hydrogen-bond donors (Lipinski definition) is 2. The van der Waals surface area contributed by atoms with Gasteiger partial charge in [-0.05, 0) is 23.8 Å². The molecule has 2 amide bonds. The van der Waals surface area contributed by atoms with E-state index in [-0.39, 0.29) is 18.2 Å². The Hall–Kier alpha value is -3.06. The Morgan fingerprint density at radius 3 is 2.89 bits per heavy atom. The highest BCUT2D eigenvalue weighted by Gasteiger charge is 2.31. The van der Waals surface area contributed by atoms with Crippen molar-refractivity contribution < 1.29 is 14.0 Å². The number of halogens is 1. The summed E-state index contributed by atoms with van der Waals surface area (Å²) in [5, 5.41) is 6.40. The molecule has 0 spiro atoms. The molecular weight excluding hydrogens is 365 g/mol. The first-order chi connectivity index (χ1) is 13.1. The van der Waals surface area contributed by atoms with Crippen molar-refractivity contribution in [2.24, 2.45) is 0 Å². The molecule has 27 heavy (non-hydrogen) atoms. The molecule has 136 valence electrons. The van der Waals surface area contributed by atoms with Gasteiger partial charge in [-0.25, -0.2) is 9.37 Å². The molecule has 1 aromatic heterocycles. The molecule has 5 nitrogen and oxygen atoms in total. The van der Waals surface area contributed by atoms with Gasteiger partial charge in [0.1, 0.15) is 10.8 Å². The van der Waals surface area contributed by atoms with Gasteiger partial charge in [0.25, 0.3) is 0 Å². The van der Waals surface area contributed by atoms with Crippen molar-refractivity contribution in [3.63, 3.8) is 0 Å². The molecular formula is C20H16FN3O2S. The molecule has 0 radical (unpaired) electrons. The number of nitrogens with zero attached hydrogens (tertiary/aromatic N) is 1. The summed E-state index contributed by atoms with van der Waals surface area (Å²) in [5.41, 5.74) is 2.01. The Morgan fingerprint density at radius 2 is 2.07 bits per heavy atom. The summed E-state index contributed by atoms with van der Waals surface area (Å²) >= 11 is 1.50. The van der Waals surface area contributed by atoms with E-state index in [1.807, 2.05) is 30.3 Å². The lowest BCUT2D eigenvalue weighted by Crippen LogP contribution is -2.34. The van der Waals surface area contributed by atoms with Crippen LogP contribution in [0.1, 0.15) is 22.8 Å². The van der Waals surface area contributed by atoms with Crippen LogP contribution < -0.4 is 10.6 Å². The van der Waals surface area contributed by atoms with Gasteiger partial charge in [-0.2, -0.15) is 0 Å². The van der Waals surface area contributed by atoms with Gasteiger partial charge in [-0.3, -0.25) is 9.59 Å². The van der Waals surface area contributed by atoms with E-state index in [2.05, 4.69) is 15.6 Å². The van der Waals surface area contributed by atoms with Gasteiger partial charge >= 0.3 is 0 Å². The number of fused-ring (bicyclic) bond motifs is 1. The lowest BCUT2D eigenvalue weighted by molar-refractivity contribution is -0.126. The van der Waals surface area contributed by atoms with Crippen LogP contribution in [0.5, 0.6) is 0 Å². The largest absolute Gasteiger partial charge is 0.351 e. The number of anilines is 1. The number of nitrogens with one attached hydrogen (secondary N) is 2. The first-order valence-corrected chi connectivity index (χ1v) is 9.29. The summed E-state index contributed by atoms with van der Waals surface area (Å²) < 4.78 is 13.6. The third-order valence-electron chi connectivity index (χ3n) is 4.38. The quantitative estimate of drug-likeness (QED) is 0.724. The molecule has 2 heterocycles. The zero-order chi connectivity index (χ0) is 18.8. The Labute approximate surface area is 159 Å². The maximum Gasteiger partial charge on any atom is 0.228 e. The highest BCUT2D eigenvalue weighted by Crippen LogP contribution is 2.33. The second-order valence-corrected chi connectivity index (χ2v) is 7.37. The average Bonchev–Trinajstić information content (AvgIpc) is 3.15. The molecule has 1 aliphatic heterocycles. The molecule has 1 aliphatic rings. The number of carbonyl (C=O) groups is 2. The molecule has 0 fully saturated rings. The second kappa shape index (κ2) is 7.28. The minimum absolute atomic E-state index is 0.000241. The van der Waals surface area contributed by atoms with Gasteiger partial charge in [-0.1, -0.05) is 30.3 Å². The molecule has 7 heteroatoms. The zero-order valence-corrected chi connectivity index (χ0v) is 15.1. The Kier molecular flexibility index (Phi) is 4.68. The second-order valence-electron chi connectivity index (χ2n) is 6.25. The van der Waals surface area contributed by atoms with E-state index < -0.39 is 11.7 Å². The van der Waals surface area contributed by atoms with Crippen molar-refractivity contribution in [2.45, 2.75) is 18.9 Å². The zero-order valence-electron chi connectivity index (χ0n) is 14.2. The summed E-state index contributed by atoms with van der Waals surface area (Å²) in [5.74, 6) is -1.69. The van der Waals surface area contributed by atoms with Crippen molar-refractivity contribution in [1.29, 1.82) is 0 Å². The van der Waals surface area contributed by atoms with Crippen LogP contribution in [-0.2, 0) is 16.1 Å². The third kappa shape index (κ3) is 3.73. The van der Waals surface area contributed by atoms with Crippen LogP contribution in [0, 0.1) is 5.82 Å². The fourth-order valence-corrected chi connectivity index (χ4v) is 3.92. The summed E-state index contributed by atoms with van der Waals surface area (Å²) in [7, 11) is 0. The van der Waals surface area contributed by atoms with Crippen molar-refractivity contribution in [2.75, 3.05) is 5.32 Å². The molecule has 0 saturated carbocycles. The van der Waals surface area contributed by atoms with Gasteiger partial charge in [0.2, 0.25) is 11.8 Å². The number of rotatable bonds is 4. The van der Waals surface area contributed by atoms with Crippen molar-refractivity contribution in [3.8, 4) is 10.6 Å². The SMILES string of the molecule is O=C1C[C@H](C(=O)NCc2cnc(-c3ccccc3)s2)c2cc(F)ccc2N1. The summed E-state index contributed by atoms with van der Waals surface area (Å²) in [6.07, 6.45) is 1.73. The molecule has 0 unspecified atom stereocenters. The molecule has 0 aliphatic carbocycles.